The van der Waals surface area contributed by atoms with Crippen LogP contribution in [0.5, 0.6) is 0 Å². The summed E-state index contributed by atoms with van der Waals surface area (Å²) >= 11 is 0. The van der Waals surface area contributed by atoms with Crippen LogP contribution in [0.4, 0.5) is 0 Å². The zero-order chi connectivity index (χ0) is 18.1. The van der Waals surface area contributed by atoms with E-state index in [4.69, 9.17) is 13.3 Å². The van der Waals surface area contributed by atoms with Crippen molar-refractivity contribution in [3.8, 4) is 0 Å². The molecule has 0 heterocycles. The van der Waals surface area contributed by atoms with Crippen molar-refractivity contribution in [1.82, 2.24) is 0 Å². The van der Waals surface area contributed by atoms with Crippen LogP contribution in [0.1, 0.15) is 32.8 Å². The largest absolute Gasteiger partial charge is 0.500 e. The first kappa shape index (κ1) is 21.7. The van der Waals surface area contributed by atoms with E-state index in [1.54, 1.807) is 12.1 Å². The van der Waals surface area contributed by atoms with Crippen LogP contribution in [-0.4, -0.2) is 42.8 Å². The molecule has 8 heteroatoms. The summed E-state index contributed by atoms with van der Waals surface area (Å²) in [7, 11) is -5.05. The van der Waals surface area contributed by atoms with Gasteiger partial charge < -0.3 is 13.3 Å². The fourth-order valence-electron chi connectivity index (χ4n) is 2.23. The summed E-state index contributed by atoms with van der Waals surface area (Å²) in [4.78, 5) is 0.348. The van der Waals surface area contributed by atoms with Crippen molar-refractivity contribution >= 4 is 28.5 Å². The number of hydrogen-bond acceptors (Lipinski definition) is 6. The van der Waals surface area contributed by atoms with Gasteiger partial charge in [-0.25, -0.2) is 8.42 Å². The molecule has 1 aromatic rings. The fraction of sp³-hybridized carbons (Fsp3) is 0.625. The third-order valence-electron chi connectivity index (χ3n) is 3.27. The van der Waals surface area contributed by atoms with Crippen molar-refractivity contribution in [3.63, 3.8) is 0 Å². The van der Waals surface area contributed by atoms with Crippen LogP contribution in [0.3, 0.4) is 0 Å². The van der Waals surface area contributed by atoms with E-state index >= 15 is 0 Å². The summed E-state index contributed by atoms with van der Waals surface area (Å²) < 4.78 is 42.0. The molecule has 1 rings (SSSR count). The molecule has 1 aromatic carbocycles. The van der Waals surface area contributed by atoms with Gasteiger partial charge in [0.15, 0.2) is 0 Å². The van der Waals surface area contributed by atoms with Crippen LogP contribution < -0.4 is 0 Å². The van der Waals surface area contributed by atoms with E-state index in [0.29, 0.717) is 42.9 Å². The van der Waals surface area contributed by atoms with Crippen molar-refractivity contribution < 1.29 is 21.7 Å². The van der Waals surface area contributed by atoms with Gasteiger partial charge in [-0.1, -0.05) is 17.7 Å². The Labute approximate surface area is 150 Å². The first-order valence-corrected chi connectivity index (χ1v) is 13.2. The van der Waals surface area contributed by atoms with Gasteiger partial charge in [0.25, 0.3) is 0 Å². The molecule has 0 bridgehead atoms. The van der Waals surface area contributed by atoms with E-state index in [1.807, 2.05) is 39.8 Å². The molecule has 0 spiro atoms. The molecule has 0 atom stereocenters. The van der Waals surface area contributed by atoms with Gasteiger partial charge >= 0.3 is 8.80 Å². The smallest absolute Gasteiger partial charge is 0.374 e. The molecule has 0 radical (unpaired) electrons. The lowest BCUT2D eigenvalue weighted by molar-refractivity contribution is 0.0712. The Morgan fingerprint density at radius 3 is 1.92 bits per heavy atom. The average molecular weight is 393 g/mol. The Morgan fingerprint density at radius 1 is 0.958 bits per heavy atom. The number of benzene rings is 1. The Bertz CT molecular complexity index is 558. The molecule has 0 aromatic heterocycles. The fourth-order valence-corrected chi connectivity index (χ4v) is 7.94. The SMILES string of the molecule is CCO[Si](CCCSS(=O)(=O)c1ccc(C)cc1)(OCC)OCC. The summed E-state index contributed by atoms with van der Waals surface area (Å²) in [6.07, 6.45) is 0.669. The molecule has 0 fully saturated rings. The molecular formula is C16H28O5S2Si. The van der Waals surface area contributed by atoms with Gasteiger partial charge in [0.05, 0.1) is 4.90 Å². The summed E-state index contributed by atoms with van der Waals surface area (Å²) in [5.41, 5.74) is 1.04. The van der Waals surface area contributed by atoms with Gasteiger partial charge in [-0.05, 0) is 57.0 Å². The molecule has 0 saturated heterocycles. The maximum absolute atomic E-state index is 12.3. The van der Waals surface area contributed by atoms with Crippen molar-refractivity contribution in [2.45, 2.75) is 45.1 Å². The van der Waals surface area contributed by atoms with Crippen LogP contribution in [-0.2, 0) is 22.1 Å². The second-order valence-corrected chi connectivity index (χ2v) is 12.0. The van der Waals surface area contributed by atoms with Crippen LogP contribution >= 0.6 is 10.8 Å². The minimum Gasteiger partial charge on any atom is -0.374 e. The van der Waals surface area contributed by atoms with E-state index < -0.39 is 17.7 Å². The normalized spacial score (nSPS) is 12.5. The van der Waals surface area contributed by atoms with Crippen molar-refractivity contribution in [2.75, 3.05) is 25.6 Å². The highest BCUT2D eigenvalue weighted by molar-refractivity contribution is 8.72. The highest BCUT2D eigenvalue weighted by atomic mass is 33.1. The van der Waals surface area contributed by atoms with E-state index in [2.05, 4.69) is 0 Å². The summed E-state index contributed by atoms with van der Waals surface area (Å²) in [5, 5.41) is 0. The molecule has 5 nitrogen and oxygen atoms in total. The molecule has 0 aliphatic carbocycles. The lowest BCUT2D eigenvalue weighted by atomic mass is 10.2. The standard InChI is InChI=1S/C16H28O5S2Si/c1-5-19-24(20-6-2,21-7-3)14-8-13-22-23(17,18)16-11-9-15(4)10-12-16/h9-12H,5-8,13-14H2,1-4H3. The van der Waals surface area contributed by atoms with E-state index in [1.165, 1.54) is 0 Å². The number of hydrogen-bond donors (Lipinski definition) is 0. The molecule has 0 aliphatic rings. The molecule has 0 unspecified atom stereocenters. The van der Waals surface area contributed by atoms with Crippen molar-refractivity contribution in [3.05, 3.63) is 29.8 Å². The monoisotopic (exact) mass is 392 g/mol. The minimum absolute atomic E-state index is 0.348. The zero-order valence-corrected chi connectivity index (χ0v) is 17.5. The molecule has 0 saturated carbocycles. The predicted octanol–water partition coefficient (Wildman–Crippen LogP) is 3.86. The lowest BCUT2D eigenvalue weighted by Crippen LogP contribution is -2.46. The Balaban J connectivity index is 2.59. The van der Waals surface area contributed by atoms with Crippen LogP contribution in [0.25, 0.3) is 0 Å². The van der Waals surface area contributed by atoms with Crippen LogP contribution in [0.15, 0.2) is 29.2 Å². The highest BCUT2D eigenvalue weighted by Gasteiger charge is 2.39. The second kappa shape index (κ2) is 10.6. The Morgan fingerprint density at radius 2 is 1.46 bits per heavy atom. The van der Waals surface area contributed by atoms with E-state index in [9.17, 15) is 8.42 Å². The minimum atomic E-state index is -3.32. The lowest BCUT2D eigenvalue weighted by Gasteiger charge is -2.28. The van der Waals surface area contributed by atoms with E-state index in [-0.39, 0.29) is 0 Å². The summed E-state index contributed by atoms with van der Waals surface area (Å²) in [6, 6.07) is 7.54. The van der Waals surface area contributed by atoms with Crippen molar-refractivity contribution in [1.29, 1.82) is 0 Å². The van der Waals surface area contributed by atoms with Gasteiger partial charge in [-0.3, -0.25) is 0 Å². The molecule has 0 aliphatic heterocycles. The van der Waals surface area contributed by atoms with Gasteiger partial charge in [0.2, 0.25) is 8.87 Å². The molecular weight excluding hydrogens is 364 g/mol. The highest BCUT2D eigenvalue weighted by Crippen LogP contribution is 2.26. The predicted molar refractivity (Wildman–Crippen MR) is 101 cm³/mol. The molecule has 0 amide bonds. The van der Waals surface area contributed by atoms with Gasteiger partial charge in [0, 0.05) is 31.6 Å². The van der Waals surface area contributed by atoms with Gasteiger partial charge in [0.1, 0.15) is 0 Å². The Hall–Kier alpha value is -0.383. The second-order valence-electron chi connectivity index (χ2n) is 5.17. The van der Waals surface area contributed by atoms with E-state index in [0.717, 1.165) is 16.4 Å². The third kappa shape index (κ3) is 6.85. The number of aryl methyl sites for hydroxylation is 1. The number of rotatable bonds is 12. The zero-order valence-electron chi connectivity index (χ0n) is 14.9. The average Bonchev–Trinajstić information content (AvgIpc) is 2.53. The van der Waals surface area contributed by atoms with Gasteiger partial charge in [-0.15, -0.1) is 0 Å². The first-order chi connectivity index (χ1) is 11.4. The van der Waals surface area contributed by atoms with Crippen molar-refractivity contribution in [2.24, 2.45) is 0 Å². The summed E-state index contributed by atoms with van der Waals surface area (Å²) in [5.74, 6) is 0.484. The van der Waals surface area contributed by atoms with Crippen LogP contribution in [0.2, 0.25) is 6.04 Å². The molecule has 138 valence electrons. The maximum atomic E-state index is 12.3. The maximum Gasteiger partial charge on any atom is 0.500 e. The quantitative estimate of drug-likeness (QED) is 0.306. The Kier molecular flexibility index (Phi) is 9.54. The topological polar surface area (TPSA) is 61.8 Å². The van der Waals surface area contributed by atoms with Crippen LogP contribution in [0, 0.1) is 6.92 Å². The summed E-state index contributed by atoms with van der Waals surface area (Å²) in [6.45, 7) is 9.26. The molecule has 0 N–H and O–H groups in total. The third-order valence-corrected chi connectivity index (χ3v) is 10.0. The molecule has 24 heavy (non-hydrogen) atoms. The van der Waals surface area contributed by atoms with Gasteiger partial charge in [-0.2, -0.15) is 0 Å². The first-order valence-electron chi connectivity index (χ1n) is 8.27.